The van der Waals surface area contributed by atoms with Gasteiger partial charge in [-0.3, -0.25) is 14.3 Å². The van der Waals surface area contributed by atoms with Crippen LogP contribution in [0, 0.1) is 25.7 Å². The Morgan fingerprint density at radius 2 is 1.88 bits per heavy atom. The van der Waals surface area contributed by atoms with Crippen LogP contribution in [0.1, 0.15) is 50.6 Å². The number of carbonyl (C=O) groups excluding carboxylic acids is 2. The first-order valence-electron chi connectivity index (χ1n) is 9.24. The smallest absolute Gasteiger partial charge is 0.310 e. The lowest BCUT2D eigenvalue weighted by atomic mass is 9.99. The largest absolute Gasteiger partial charge is 0.455 e. The number of carbonyl (C=O) groups is 2. The van der Waals surface area contributed by atoms with Crippen LogP contribution < -0.4 is 0 Å². The number of nitrogens with zero attached hydrogens (tertiary/aromatic N) is 3. The Balaban J connectivity index is 1.86. The van der Waals surface area contributed by atoms with E-state index in [2.05, 4.69) is 25.9 Å². The van der Waals surface area contributed by atoms with E-state index in [1.54, 1.807) is 4.90 Å². The van der Waals surface area contributed by atoms with Gasteiger partial charge in [-0.25, -0.2) is 0 Å². The van der Waals surface area contributed by atoms with Crippen LogP contribution in [0.3, 0.4) is 0 Å². The summed E-state index contributed by atoms with van der Waals surface area (Å²) in [4.78, 5) is 26.1. The highest BCUT2D eigenvalue weighted by Crippen LogP contribution is 2.17. The number of amides is 1. The second kappa shape index (κ2) is 8.50. The van der Waals surface area contributed by atoms with Gasteiger partial charge in [-0.2, -0.15) is 5.10 Å². The summed E-state index contributed by atoms with van der Waals surface area (Å²) in [7, 11) is 0. The number of esters is 1. The summed E-state index contributed by atoms with van der Waals surface area (Å²) in [6.07, 6.45) is 2.21. The van der Waals surface area contributed by atoms with Crippen molar-refractivity contribution in [1.82, 2.24) is 14.7 Å². The van der Waals surface area contributed by atoms with Crippen LogP contribution in [0.4, 0.5) is 0 Å². The molecule has 1 amide bonds. The summed E-state index contributed by atoms with van der Waals surface area (Å²) in [6, 6.07) is 0. The third-order valence-electron chi connectivity index (χ3n) is 4.88. The molecule has 2 rings (SSSR count). The fourth-order valence-corrected chi connectivity index (χ4v) is 3.20. The van der Waals surface area contributed by atoms with E-state index in [1.165, 1.54) is 0 Å². The van der Waals surface area contributed by atoms with Gasteiger partial charge in [0, 0.05) is 30.9 Å². The van der Waals surface area contributed by atoms with Gasteiger partial charge in [-0.1, -0.05) is 20.8 Å². The zero-order chi connectivity index (χ0) is 18.6. The molecule has 0 aliphatic carbocycles. The molecule has 1 fully saturated rings. The maximum atomic E-state index is 12.2. The standard InChI is InChI=1S/C19H31N3O3/c1-13(2)11-22-16(5)17(15(4)20-22)10-19(24)25-12-18(23)21-8-6-14(3)7-9-21/h13-14H,6-12H2,1-5H3. The summed E-state index contributed by atoms with van der Waals surface area (Å²) in [5, 5.41) is 4.51. The highest BCUT2D eigenvalue weighted by atomic mass is 16.5. The lowest BCUT2D eigenvalue weighted by molar-refractivity contribution is -0.152. The molecule has 1 aromatic rings. The molecule has 0 radical (unpaired) electrons. The van der Waals surface area contributed by atoms with Crippen molar-refractivity contribution in [3.8, 4) is 0 Å². The number of piperidine rings is 1. The molecule has 0 saturated carbocycles. The first-order chi connectivity index (χ1) is 11.8. The lowest BCUT2D eigenvalue weighted by Crippen LogP contribution is -2.40. The second-order valence-corrected chi connectivity index (χ2v) is 7.63. The molecule has 0 atom stereocenters. The van der Waals surface area contributed by atoms with Gasteiger partial charge in [0.25, 0.3) is 5.91 Å². The van der Waals surface area contributed by atoms with Crippen molar-refractivity contribution in [2.75, 3.05) is 19.7 Å². The quantitative estimate of drug-likeness (QED) is 0.740. The number of hydrogen-bond acceptors (Lipinski definition) is 4. The van der Waals surface area contributed by atoms with Gasteiger partial charge in [0.15, 0.2) is 6.61 Å². The van der Waals surface area contributed by atoms with Gasteiger partial charge < -0.3 is 9.64 Å². The van der Waals surface area contributed by atoms with E-state index < -0.39 is 0 Å². The molecule has 0 aromatic carbocycles. The highest BCUT2D eigenvalue weighted by Gasteiger charge is 2.22. The van der Waals surface area contributed by atoms with E-state index in [0.29, 0.717) is 11.8 Å². The Kier molecular flexibility index (Phi) is 6.62. The predicted octanol–water partition coefficient (Wildman–Crippen LogP) is 2.50. The van der Waals surface area contributed by atoms with Crippen molar-refractivity contribution in [3.05, 3.63) is 17.0 Å². The molecular formula is C19H31N3O3. The van der Waals surface area contributed by atoms with E-state index in [9.17, 15) is 9.59 Å². The minimum atomic E-state index is -0.367. The summed E-state index contributed by atoms with van der Waals surface area (Å²) < 4.78 is 7.17. The van der Waals surface area contributed by atoms with Crippen LogP contribution in [0.5, 0.6) is 0 Å². The van der Waals surface area contributed by atoms with Crippen LogP contribution in [-0.2, 0) is 27.3 Å². The maximum absolute atomic E-state index is 12.2. The van der Waals surface area contributed by atoms with Crippen molar-refractivity contribution >= 4 is 11.9 Å². The van der Waals surface area contributed by atoms with E-state index >= 15 is 0 Å². The number of ether oxygens (including phenoxy) is 1. The molecule has 1 saturated heterocycles. The first kappa shape index (κ1) is 19.5. The van der Waals surface area contributed by atoms with Crippen LogP contribution in [0.25, 0.3) is 0 Å². The minimum Gasteiger partial charge on any atom is -0.455 e. The van der Waals surface area contributed by atoms with E-state index in [4.69, 9.17) is 4.74 Å². The van der Waals surface area contributed by atoms with E-state index in [1.807, 2.05) is 18.5 Å². The van der Waals surface area contributed by atoms with Gasteiger partial charge in [-0.05, 0) is 38.5 Å². The average molecular weight is 349 g/mol. The third-order valence-corrected chi connectivity index (χ3v) is 4.88. The first-order valence-corrected chi connectivity index (χ1v) is 9.24. The fraction of sp³-hybridized carbons (Fsp3) is 0.737. The van der Waals surface area contributed by atoms with Crippen molar-refractivity contribution in [2.45, 2.75) is 60.4 Å². The number of likely N-dealkylation sites (tertiary alicyclic amines) is 1. The molecule has 0 bridgehead atoms. The van der Waals surface area contributed by atoms with Crippen molar-refractivity contribution in [3.63, 3.8) is 0 Å². The van der Waals surface area contributed by atoms with Crippen LogP contribution >= 0.6 is 0 Å². The molecule has 2 heterocycles. The van der Waals surface area contributed by atoms with Crippen LogP contribution in [-0.4, -0.2) is 46.3 Å². The summed E-state index contributed by atoms with van der Waals surface area (Å²) >= 11 is 0. The lowest BCUT2D eigenvalue weighted by Gasteiger charge is -2.30. The molecule has 1 aromatic heterocycles. The van der Waals surface area contributed by atoms with Gasteiger partial charge in [0.05, 0.1) is 12.1 Å². The van der Waals surface area contributed by atoms with Crippen molar-refractivity contribution < 1.29 is 14.3 Å². The molecule has 0 unspecified atom stereocenters. The topological polar surface area (TPSA) is 64.4 Å². The second-order valence-electron chi connectivity index (χ2n) is 7.63. The molecular weight excluding hydrogens is 318 g/mol. The fourth-order valence-electron chi connectivity index (χ4n) is 3.20. The van der Waals surface area contributed by atoms with Gasteiger partial charge in [0.1, 0.15) is 0 Å². The Bertz CT molecular complexity index is 614. The predicted molar refractivity (Wildman–Crippen MR) is 96.2 cm³/mol. The summed E-state index contributed by atoms with van der Waals surface area (Å²) in [5.41, 5.74) is 2.76. The number of aromatic nitrogens is 2. The van der Waals surface area contributed by atoms with E-state index in [-0.39, 0.29) is 24.9 Å². The van der Waals surface area contributed by atoms with E-state index in [0.717, 1.165) is 49.4 Å². The monoisotopic (exact) mass is 349 g/mol. The Morgan fingerprint density at radius 3 is 2.48 bits per heavy atom. The Labute approximate surface area is 150 Å². The zero-order valence-electron chi connectivity index (χ0n) is 16.2. The molecule has 6 heteroatoms. The summed E-state index contributed by atoms with van der Waals surface area (Å²) in [6.45, 7) is 12.5. The Hall–Kier alpha value is -1.85. The van der Waals surface area contributed by atoms with Crippen molar-refractivity contribution in [1.29, 1.82) is 0 Å². The molecule has 1 aliphatic rings. The molecule has 0 N–H and O–H groups in total. The zero-order valence-corrected chi connectivity index (χ0v) is 16.2. The normalized spacial score (nSPS) is 15.7. The van der Waals surface area contributed by atoms with Crippen molar-refractivity contribution in [2.24, 2.45) is 11.8 Å². The molecule has 6 nitrogen and oxygen atoms in total. The highest BCUT2D eigenvalue weighted by molar-refractivity contribution is 5.81. The molecule has 25 heavy (non-hydrogen) atoms. The van der Waals surface area contributed by atoms with Gasteiger partial charge in [-0.15, -0.1) is 0 Å². The Morgan fingerprint density at radius 1 is 1.24 bits per heavy atom. The average Bonchev–Trinajstić information content (AvgIpc) is 2.80. The SMILES string of the molecule is Cc1nn(CC(C)C)c(C)c1CC(=O)OCC(=O)N1CCC(C)CC1. The third kappa shape index (κ3) is 5.31. The van der Waals surface area contributed by atoms with Crippen LogP contribution in [0.2, 0.25) is 0 Å². The number of hydrogen-bond donors (Lipinski definition) is 0. The molecule has 140 valence electrons. The minimum absolute atomic E-state index is 0.0933. The van der Waals surface area contributed by atoms with Gasteiger partial charge >= 0.3 is 5.97 Å². The molecule has 0 spiro atoms. The number of rotatable bonds is 6. The van der Waals surface area contributed by atoms with Crippen LogP contribution in [0.15, 0.2) is 0 Å². The molecule has 1 aliphatic heterocycles. The van der Waals surface area contributed by atoms with Gasteiger partial charge in [0.2, 0.25) is 0 Å². The number of aryl methyl sites for hydroxylation is 1. The summed E-state index contributed by atoms with van der Waals surface area (Å²) in [5.74, 6) is 0.695. The maximum Gasteiger partial charge on any atom is 0.310 e.